The Morgan fingerprint density at radius 2 is 2.04 bits per heavy atom. The molecule has 0 aliphatic heterocycles. The molecule has 3 aromatic rings. The molecule has 1 aliphatic rings. The Hall–Kier alpha value is -2.96. The summed E-state index contributed by atoms with van der Waals surface area (Å²) >= 11 is 0. The number of anilines is 1. The van der Waals surface area contributed by atoms with E-state index in [1.54, 1.807) is 6.08 Å². The summed E-state index contributed by atoms with van der Waals surface area (Å²) in [5.74, 6) is 1.89. The Labute approximate surface area is 145 Å². The van der Waals surface area contributed by atoms with Crippen molar-refractivity contribution in [1.29, 1.82) is 0 Å². The van der Waals surface area contributed by atoms with Crippen molar-refractivity contribution >= 4 is 18.0 Å². The second kappa shape index (κ2) is 6.16. The number of nitrogens with one attached hydrogen (secondary N) is 1. The molecular weight excluding hydrogens is 316 g/mol. The average molecular weight is 336 g/mol. The van der Waals surface area contributed by atoms with Gasteiger partial charge in [0, 0.05) is 41.7 Å². The average Bonchev–Trinajstić information content (AvgIpc) is 3.16. The van der Waals surface area contributed by atoms with Crippen LogP contribution in [-0.2, 0) is 7.05 Å². The third kappa shape index (κ3) is 3.45. The number of pyridine rings is 1. The van der Waals surface area contributed by atoms with E-state index < -0.39 is 0 Å². The van der Waals surface area contributed by atoms with Gasteiger partial charge in [-0.05, 0) is 44.9 Å². The summed E-state index contributed by atoms with van der Waals surface area (Å²) in [6, 6.07) is 4.48. The third-order valence-electron chi connectivity index (χ3n) is 4.26. The van der Waals surface area contributed by atoms with E-state index in [0.29, 0.717) is 17.8 Å². The van der Waals surface area contributed by atoms with Crippen LogP contribution < -0.4 is 5.32 Å². The van der Waals surface area contributed by atoms with E-state index in [1.807, 2.05) is 50.0 Å². The molecule has 1 saturated carbocycles. The highest BCUT2D eigenvalue weighted by Gasteiger charge is 2.21. The molecule has 3 heterocycles. The summed E-state index contributed by atoms with van der Waals surface area (Å²) in [7, 11) is 1.91. The van der Waals surface area contributed by atoms with Crippen LogP contribution in [0.15, 0.2) is 22.9 Å². The first kappa shape index (κ1) is 15.6. The Morgan fingerprint density at radius 1 is 1.20 bits per heavy atom. The monoisotopic (exact) mass is 336 g/mol. The third-order valence-corrected chi connectivity index (χ3v) is 4.26. The number of aryl methyl sites for hydroxylation is 2. The lowest BCUT2D eigenvalue weighted by Crippen LogP contribution is -2.04. The molecule has 25 heavy (non-hydrogen) atoms. The van der Waals surface area contributed by atoms with Crippen LogP contribution in [0.4, 0.5) is 5.82 Å². The lowest BCUT2D eigenvalue weighted by molar-refractivity contribution is 0.411. The minimum absolute atomic E-state index is 0.462. The van der Waals surface area contributed by atoms with Gasteiger partial charge in [-0.1, -0.05) is 5.16 Å². The van der Waals surface area contributed by atoms with E-state index in [-0.39, 0.29) is 0 Å². The van der Waals surface area contributed by atoms with E-state index in [2.05, 4.69) is 25.5 Å². The highest BCUT2D eigenvalue weighted by atomic mass is 16.5. The van der Waals surface area contributed by atoms with E-state index in [4.69, 9.17) is 4.52 Å². The predicted octanol–water partition coefficient (Wildman–Crippen LogP) is 3.23. The molecule has 0 spiro atoms. The lowest BCUT2D eigenvalue weighted by Gasteiger charge is -2.06. The fourth-order valence-electron chi connectivity index (χ4n) is 2.57. The second-order valence-electron chi connectivity index (χ2n) is 6.40. The van der Waals surface area contributed by atoms with E-state index in [9.17, 15) is 0 Å². The van der Waals surface area contributed by atoms with Crippen LogP contribution in [0, 0.1) is 13.8 Å². The summed E-state index contributed by atoms with van der Waals surface area (Å²) in [6.07, 6.45) is 7.95. The van der Waals surface area contributed by atoms with Crippen molar-refractivity contribution in [3.63, 3.8) is 0 Å². The van der Waals surface area contributed by atoms with Crippen LogP contribution >= 0.6 is 0 Å². The Kier molecular flexibility index (Phi) is 3.83. The van der Waals surface area contributed by atoms with Gasteiger partial charge in [0.15, 0.2) is 0 Å². The van der Waals surface area contributed by atoms with Crippen molar-refractivity contribution in [2.75, 3.05) is 5.32 Å². The first-order valence-electron chi connectivity index (χ1n) is 8.34. The van der Waals surface area contributed by atoms with Crippen LogP contribution in [0.1, 0.15) is 35.7 Å². The van der Waals surface area contributed by atoms with Crippen LogP contribution in [0.2, 0.25) is 0 Å². The summed E-state index contributed by atoms with van der Waals surface area (Å²) in [5, 5.41) is 11.7. The first-order valence-corrected chi connectivity index (χ1v) is 8.34. The lowest BCUT2D eigenvalue weighted by atomic mass is 10.2. The number of rotatable bonds is 5. The van der Waals surface area contributed by atoms with Gasteiger partial charge in [0.2, 0.25) is 5.82 Å². The highest BCUT2D eigenvalue weighted by Crippen LogP contribution is 2.26. The van der Waals surface area contributed by atoms with Crippen molar-refractivity contribution in [3.8, 4) is 11.4 Å². The smallest absolute Gasteiger partial charge is 0.250 e. The maximum atomic E-state index is 5.34. The molecule has 0 radical (unpaired) electrons. The van der Waals surface area contributed by atoms with Crippen LogP contribution in [-0.4, -0.2) is 30.9 Å². The van der Waals surface area contributed by atoms with Gasteiger partial charge >= 0.3 is 0 Å². The SMILES string of the molecule is Cc1cc(-c2noc(/C=C/c3cnn(C)c3C)n2)cc(NC2CC2)n1. The Bertz CT molecular complexity index is 935. The van der Waals surface area contributed by atoms with Gasteiger partial charge < -0.3 is 9.84 Å². The van der Waals surface area contributed by atoms with Gasteiger partial charge in [0.1, 0.15) is 5.82 Å². The molecular formula is C18H20N6O. The number of aromatic nitrogens is 5. The number of hydrogen-bond donors (Lipinski definition) is 1. The molecule has 0 aromatic carbocycles. The maximum absolute atomic E-state index is 5.34. The fourth-order valence-corrected chi connectivity index (χ4v) is 2.57. The topological polar surface area (TPSA) is 81.7 Å². The standard InChI is InChI=1S/C18H20N6O/c1-11-8-14(9-16(20-11)21-15-5-6-15)18-22-17(25-23-18)7-4-13-10-19-24(3)12(13)2/h4,7-10,15H,5-6H2,1-3H3,(H,20,21)/b7-4+. The number of hydrogen-bond acceptors (Lipinski definition) is 6. The molecule has 128 valence electrons. The molecule has 3 aromatic heterocycles. The summed E-state index contributed by atoms with van der Waals surface area (Å²) in [6.45, 7) is 3.98. The van der Waals surface area contributed by atoms with Crippen LogP contribution in [0.5, 0.6) is 0 Å². The largest absolute Gasteiger partial charge is 0.367 e. The normalized spacial score (nSPS) is 14.4. The molecule has 4 rings (SSSR count). The molecule has 0 unspecified atom stereocenters. The number of nitrogens with zero attached hydrogens (tertiary/aromatic N) is 5. The molecule has 7 heteroatoms. The molecule has 7 nitrogen and oxygen atoms in total. The Balaban J connectivity index is 1.56. The molecule has 0 bridgehead atoms. The fraction of sp³-hybridized carbons (Fsp3) is 0.333. The van der Waals surface area contributed by atoms with Crippen molar-refractivity contribution in [1.82, 2.24) is 24.9 Å². The van der Waals surface area contributed by atoms with Gasteiger partial charge in [0.05, 0.1) is 6.20 Å². The van der Waals surface area contributed by atoms with Crippen molar-refractivity contribution in [2.45, 2.75) is 32.7 Å². The van der Waals surface area contributed by atoms with E-state index >= 15 is 0 Å². The second-order valence-corrected chi connectivity index (χ2v) is 6.40. The van der Waals surface area contributed by atoms with Crippen LogP contribution in [0.3, 0.4) is 0 Å². The molecule has 1 aliphatic carbocycles. The van der Waals surface area contributed by atoms with Gasteiger partial charge in [0.25, 0.3) is 5.89 Å². The molecule has 0 amide bonds. The molecule has 0 atom stereocenters. The summed E-state index contributed by atoms with van der Waals surface area (Å²) < 4.78 is 7.17. The zero-order valence-electron chi connectivity index (χ0n) is 14.5. The Morgan fingerprint density at radius 3 is 2.76 bits per heavy atom. The van der Waals surface area contributed by atoms with Gasteiger partial charge in [-0.25, -0.2) is 4.98 Å². The zero-order valence-corrected chi connectivity index (χ0v) is 14.5. The van der Waals surface area contributed by atoms with Crippen molar-refractivity contribution in [2.24, 2.45) is 7.05 Å². The zero-order chi connectivity index (χ0) is 17.4. The van der Waals surface area contributed by atoms with E-state index in [1.165, 1.54) is 12.8 Å². The quantitative estimate of drug-likeness (QED) is 0.770. The van der Waals surface area contributed by atoms with E-state index in [0.717, 1.165) is 28.3 Å². The van der Waals surface area contributed by atoms with Crippen molar-refractivity contribution < 1.29 is 4.52 Å². The first-order chi connectivity index (χ1) is 12.1. The molecule has 0 saturated heterocycles. The van der Waals surface area contributed by atoms with Gasteiger partial charge in [-0.2, -0.15) is 10.1 Å². The van der Waals surface area contributed by atoms with Gasteiger partial charge in [-0.3, -0.25) is 4.68 Å². The minimum Gasteiger partial charge on any atom is -0.367 e. The summed E-state index contributed by atoms with van der Waals surface area (Å²) in [5.41, 5.74) is 3.93. The summed E-state index contributed by atoms with van der Waals surface area (Å²) in [4.78, 5) is 8.98. The van der Waals surface area contributed by atoms with Crippen molar-refractivity contribution in [3.05, 3.63) is 41.2 Å². The van der Waals surface area contributed by atoms with Crippen LogP contribution in [0.25, 0.3) is 23.5 Å². The highest BCUT2D eigenvalue weighted by molar-refractivity contribution is 5.68. The minimum atomic E-state index is 0.462. The maximum Gasteiger partial charge on any atom is 0.250 e. The molecule has 1 N–H and O–H groups in total. The van der Waals surface area contributed by atoms with Gasteiger partial charge in [-0.15, -0.1) is 0 Å². The predicted molar refractivity (Wildman–Crippen MR) is 95.8 cm³/mol. The molecule has 1 fully saturated rings.